The predicted octanol–water partition coefficient (Wildman–Crippen LogP) is 2.72. The Morgan fingerprint density at radius 1 is 1.12 bits per heavy atom. The molecule has 1 aromatic rings. The second-order valence-electron chi connectivity index (χ2n) is 3.39. The van der Waals surface area contributed by atoms with Crippen LogP contribution in [0.4, 0.5) is 0 Å². The molecule has 0 spiro atoms. The number of hydrogen-bond acceptors (Lipinski definition) is 4. The minimum absolute atomic E-state index is 0.0323. The van der Waals surface area contributed by atoms with Gasteiger partial charge in [0.15, 0.2) is 17.3 Å². The van der Waals surface area contributed by atoms with Crippen LogP contribution in [0.15, 0.2) is 12.1 Å². The Morgan fingerprint density at radius 3 is 1.88 bits per heavy atom. The van der Waals surface area contributed by atoms with Crippen molar-refractivity contribution in [3.8, 4) is 17.2 Å². The summed E-state index contributed by atoms with van der Waals surface area (Å²) < 4.78 is 15.5. The highest BCUT2D eigenvalue weighted by Crippen LogP contribution is 2.38. The average molecular weight is 350 g/mol. The summed E-state index contributed by atoms with van der Waals surface area (Å²) in [6.07, 6.45) is 0. The van der Waals surface area contributed by atoms with Crippen LogP contribution in [0.25, 0.3) is 0 Å². The number of carbonyl (C=O) groups excluding carboxylic acids is 1. The van der Waals surface area contributed by atoms with E-state index < -0.39 is 0 Å². The van der Waals surface area contributed by atoms with Crippen LogP contribution in [0.2, 0.25) is 0 Å². The first-order valence-electron chi connectivity index (χ1n) is 5.03. The molecule has 17 heavy (non-hydrogen) atoms. The monoisotopic (exact) mass is 350 g/mol. The van der Waals surface area contributed by atoms with Crippen LogP contribution in [0.5, 0.6) is 17.2 Å². The maximum absolute atomic E-state index is 11.9. The van der Waals surface area contributed by atoms with Crippen molar-refractivity contribution in [2.45, 2.75) is 10.8 Å². The number of hydrogen-bond donors (Lipinski definition) is 0. The van der Waals surface area contributed by atoms with E-state index in [0.29, 0.717) is 22.8 Å². The summed E-state index contributed by atoms with van der Waals surface area (Å²) in [5.41, 5.74) is 0.557. The Morgan fingerprint density at radius 2 is 1.59 bits per heavy atom. The highest BCUT2D eigenvalue weighted by molar-refractivity contribution is 14.1. The summed E-state index contributed by atoms with van der Waals surface area (Å²) >= 11 is 2.08. The molecular weight excluding hydrogens is 335 g/mol. The largest absolute Gasteiger partial charge is 0.493 e. The maximum Gasteiger partial charge on any atom is 0.203 e. The molecule has 94 valence electrons. The first kappa shape index (κ1) is 14.1. The molecule has 0 saturated carbocycles. The lowest BCUT2D eigenvalue weighted by Gasteiger charge is -2.14. The molecule has 0 N–H and O–H groups in total. The van der Waals surface area contributed by atoms with E-state index in [9.17, 15) is 4.79 Å². The molecule has 1 rings (SSSR count). The van der Waals surface area contributed by atoms with Crippen molar-refractivity contribution in [1.29, 1.82) is 0 Å². The quantitative estimate of drug-likeness (QED) is 0.465. The van der Waals surface area contributed by atoms with Gasteiger partial charge in [-0.05, 0) is 19.1 Å². The Kier molecular flexibility index (Phi) is 5.04. The second-order valence-corrected chi connectivity index (χ2v) is 5.26. The zero-order valence-corrected chi connectivity index (χ0v) is 12.4. The number of carbonyl (C=O) groups is 1. The number of Topliss-reactive ketones (excluding diaryl/α,β-unsaturated/α-hetero) is 1. The van der Waals surface area contributed by atoms with Gasteiger partial charge < -0.3 is 14.2 Å². The molecule has 5 heteroatoms. The van der Waals surface area contributed by atoms with Gasteiger partial charge in [-0.15, -0.1) is 0 Å². The molecule has 1 atom stereocenters. The lowest BCUT2D eigenvalue weighted by atomic mass is 10.1. The molecule has 0 aliphatic carbocycles. The third kappa shape index (κ3) is 3.02. The summed E-state index contributed by atoms with van der Waals surface area (Å²) in [6.45, 7) is 1.84. The Balaban J connectivity index is 3.32. The lowest BCUT2D eigenvalue weighted by Crippen LogP contribution is -2.10. The normalized spacial score (nSPS) is 11.8. The topological polar surface area (TPSA) is 44.8 Å². The van der Waals surface area contributed by atoms with Crippen molar-refractivity contribution in [2.24, 2.45) is 0 Å². The molecular formula is C12H15IO4. The lowest BCUT2D eigenvalue weighted by molar-refractivity contribution is 0.0997. The van der Waals surface area contributed by atoms with E-state index in [1.165, 1.54) is 21.3 Å². The van der Waals surface area contributed by atoms with Crippen molar-refractivity contribution < 1.29 is 19.0 Å². The average Bonchev–Trinajstić information content (AvgIpc) is 2.35. The highest BCUT2D eigenvalue weighted by atomic mass is 127. The van der Waals surface area contributed by atoms with Crippen LogP contribution >= 0.6 is 22.6 Å². The van der Waals surface area contributed by atoms with Crippen LogP contribution in [0.1, 0.15) is 17.3 Å². The van der Waals surface area contributed by atoms with Crippen LogP contribution in [0.3, 0.4) is 0 Å². The molecule has 0 aromatic heterocycles. The molecule has 0 aliphatic heterocycles. The Bertz CT molecular complexity index is 390. The van der Waals surface area contributed by atoms with Crippen molar-refractivity contribution in [3.05, 3.63) is 17.7 Å². The molecule has 0 bridgehead atoms. The van der Waals surface area contributed by atoms with Crippen molar-refractivity contribution >= 4 is 28.4 Å². The zero-order valence-electron chi connectivity index (χ0n) is 10.2. The molecule has 0 fully saturated rings. The van der Waals surface area contributed by atoms with Gasteiger partial charge in [-0.3, -0.25) is 4.79 Å². The van der Waals surface area contributed by atoms with Crippen LogP contribution in [0, 0.1) is 0 Å². The SMILES string of the molecule is COc1cc(C(=O)C(C)I)cc(OC)c1OC. The molecule has 1 aromatic carbocycles. The fraction of sp³-hybridized carbons (Fsp3) is 0.417. The van der Waals surface area contributed by atoms with E-state index in [0.717, 1.165) is 0 Å². The fourth-order valence-corrected chi connectivity index (χ4v) is 1.81. The molecule has 4 nitrogen and oxygen atoms in total. The number of halogens is 1. The maximum atomic E-state index is 11.9. The third-order valence-corrected chi connectivity index (χ3v) is 2.88. The predicted molar refractivity (Wildman–Crippen MR) is 73.9 cm³/mol. The van der Waals surface area contributed by atoms with E-state index in [4.69, 9.17) is 14.2 Å². The summed E-state index contributed by atoms with van der Waals surface area (Å²) in [4.78, 5) is 11.9. The first-order chi connectivity index (χ1) is 8.04. The van der Waals surface area contributed by atoms with Crippen LogP contribution in [-0.2, 0) is 0 Å². The van der Waals surface area contributed by atoms with E-state index in [1.54, 1.807) is 12.1 Å². The molecule has 0 amide bonds. The van der Waals surface area contributed by atoms with Gasteiger partial charge in [-0.2, -0.15) is 0 Å². The van der Waals surface area contributed by atoms with Gasteiger partial charge in [-0.1, -0.05) is 22.6 Å². The van der Waals surface area contributed by atoms with Crippen LogP contribution < -0.4 is 14.2 Å². The summed E-state index contributed by atoms with van der Waals surface area (Å²) in [5, 5.41) is 0. The van der Waals surface area contributed by atoms with Gasteiger partial charge in [0.05, 0.1) is 25.3 Å². The van der Waals surface area contributed by atoms with Gasteiger partial charge in [0.25, 0.3) is 0 Å². The smallest absolute Gasteiger partial charge is 0.203 e. The highest BCUT2D eigenvalue weighted by Gasteiger charge is 2.19. The number of benzene rings is 1. The van der Waals surface area contributed by atoms with E-state index in [1.807, 2.05) is 6.92 Å². The second kappa shape index (κ2) is 6.09. The number of alkyl halides is 1. The fourth-order valence-electron chi connectivity index (χ4n) is 1.45. The van der Waals surface area contributed by atoms with Gasteiger partial charge >= 0.3 is 0 Å². The van der Waals surface area contributed by atoms with E-state index >= 15 is 0 Å². The van der Waals surface area contributed by atoms with Crippen molar-refractivity contribution in [1.82, 2.24) is 0 Å². The Labute approximate surface area is 114 Å². The minimum Gasteiger partial charge on any atom is -0.493 e. The first-order valence-corrected chi connectivity index (χ1v) is 6.28. The standard InChI is InChI=1S/C12H15IO4/c1-7(13)11(14)8-5-9(15-2)12(17-4)10(6-8)16-3/h5-7H,1-4H3. The molecule has 0 saturated heterocycles. The van der Waals surface area contributed by atoms with Gasteiger partial charge in [-0.25, -0.2) is 0 Å². The summed E-state index contributed by atoms with van der Waals surface area (Å²) in [5.74, 6) is 1.51. The molecule has 0 radical (unpaired) electrons. The summed E-state index contributed by atoms with van der Waals surface area (Å²) in [7, 11) is 4.58. The van der Waals surface area contributed by atoms with Gasteiger partial charge in [0.1, 0.15) is 0 Å². The number of methoxy groups -OCH3 is 3. The molecule has 1 unspecified atom stereocenters. The van der Waals surface area contributed by atoms with E-state index in [2.05, 4.69) is 22.6 Å². The van der Waals surface area contributed by atoms with Crippen molar-refractivity contribution in [2.75, 3.05) is 21.3 Å². The van der Waals surface area contributed by atoms with Crippen molar-refractivity contribution in [3.63, 3.8) is 0 Å². The number of rotatable bonds is 5. The number of ether oxygens (including phenoxy) is 3. The minimum atomic E-state index is -0.101. The third-order valence-electron chi connectivity index (χ3n) is 2.31. The van der Waals surface area contributed by atoms with E-state index in [-0.39, 0.29) is 9.71 Å². The summed E-state index contributed by atoms with van der Waals surface area (Å²) in [6, 6.07) is 3.33. The van der Waals surface area contributed by atoms with Gasteiger partial charge in [0, 0.05) is 5.56 Å². The Hall–Kier alpha value is -0.980. The molecule has 0 heterocycles. The van der Waals surface area contributed by atoms with Crippen LogP contribution in [-0.4, -0.2) is 31.0 Å². The number of ketones is 1. The molecule has 0 aliphatic rings. The zero-order chi connectivity index (χ0) is 13.0. The van der Waals surface area contributed by atoms with Gasteiger partial charge in [0.2, 0.25) is 5.75 Å².